The van der Waals surface area contributed by atoms with Crippen LogP contribution in [-0.4, -0.2) is 36.3 Å². The second kappa shape index (κ2) is 9.30. The Kier molecular flexibility index (Phi) is 6.81. The fraction of sp³-hybridized carbons (Fsp3) is 0.333. The van der Waals surface area contributed by atoms with Crippen molar-refractivity contribution in [3.8, 4) is 0 Å². The lowest BCUT2D eigenvalue weighted by Crippen LogP contribution is -2.37. The second-order valence-electron chi connectivity index (χ2n) is 7.09. The lowest BCUT2D eigenvalue weighted by molar-refractivity contribution is -0.114. The van der Waals surface area contributed by atoms with E-state index in [1.54, 1.807) is 30.3 Å². The molecule has 2 N–H and O–H groups in total. The molecule has 0 saturated carbocycles. The maximum absolute atomic E-state index is 12.7. The molecule has 2 aromatic rings. The van der Waals surface area contributed by atoms with Gasteiger partial charge in [0.2, 0.25) is 5.91 Å². The topological polar surface area (TPSA) is 61.4 Å². The van der Waals surface area contributed by atoms with Gasteiger partial charge in [-0.15, -0.1) is 0 Å². The van der Waals surface area contributed by atoms with Gasteiger partial charge in [0.1, 0.15) is 0 Å². The maximum Gasteiger partial charge on any atom is 0.253 e. The second-order valence-corrected chi connectivity index (χ2v) is 7.90. The van der Waals surface area contributed by atoms with Gasteiger partial charge in [-0.25, -0.2) is 0 Å². The van der Waals surface area contributed by atoms with Crippen LogP contribution in [0.25, 0.3) is 0 Å². The van der Waals surface area contributed by atoms with Gasteiger partial charge in [-0.05, 0) is 55.2 Å². The van der Waals surface area contributed by atoms with Gasteiger partial charge in [0.15, 0.2) is 0 Å². The Morgan fingerprint density at radius 2 is 1.79 bits per heavy atom. The Labute approximate surface area is 175 Å². The van der Waals surface area contributed by atoms with Crippen molar-refractivity contribution >= 4 is 46.4 Å². The van der Waals surface area contributed by atoms with Crippen LogP contribution in [0.4, 0.5) is 11.4 Å². The normalized spacial score (nSPS) is 14.6. The SMILES string of the molecule is CC1CCN(C(=O)c2cccc(NCC(=O)Nc3ccc(Cl)c(Cl)c3)c2)CC1. The number of hydrogen-bond donors (Lipinski definition) is 2. The van der Waals surface area contributed by atoms with Crippen LogP contribution in [0.2, 0.25) is 10.0 Å². The molecule has 0 radical (unpaired) electrons. The molecular formula is C21H23Cl2N3O2. The average Bonchev–Trinajstić information content (AvgIpc) is 2.69. The number of nitrogens with one attached hydrogen (secondary N) is 2. The van der Waals surface area contributed by atoms with E-state index < -0.39 is 0 Å². The molecule has 0 unspecified atom stereocenters. The van der Waals surface area contributed by atoms with E-state index in [1.807, 2.05) is 17.0 Å². The van der Waals surface area contributed by atoms with Gasteiger partial charge in [-0.2, -0.15) is 0 Å². The van der Waals surface area contributed by atoms with Crippen molar-refractivity contribution in [1.82, 2.24) is 4.90 Å². The highest BCUT2D eigenvalue weighted by atomic mass is 35.5. The third kappa shape index (κ3) is 5.40. The standard InChI is InChI=1S/C21H23Cl2N3O2/c1-14-7-9-26(10-8-14)21(28)15-3-2-4-16(11-15)24-13-20(27)25-17-5-6-18(22)19(23)12-17/h2-6,11-12,14,24H,7-10,13H2,1H3,(H,25,27). The number of carbonyl (C=O) groups excluding carboxylic acids is 2. The number of anilines is 2. The highest BCUT2D eigenvalue weighted by molar-refractivity contribution is 6.42. The molecule has 3 rings (SSSR count). The van der Waals surface area contributed by atoms with Crippen LogP contribution in [0.3, 0.4) is 0 Å². The van der Waals surface area contributed by atoms with E-state index in [9.17, 15) is 9.59 Å². The highest BCUT2D eigenvalue weighted by Gasteiger charge is 2.21. The summed E-state index contributed by atoms with van der Waals surface area (Å²) in [7, 11) is 0. The Morgan fingerprint density at radius 3 is 2.50 bits per heavy atom. The lowest BCUT2D eigenvalue weighted by atomic mass is 9.98. The van der Waals surface area contributed by atoms with Crippen molar-refractivity contribution in [3.05, 3.63) is 58.1 Å². The Bertz CT molecular complexity index is 864. The Balaban J connectivity index is 1.56. The fourth-order valence-electron chi connectivity index (χ4n) is 3.12. The van der Waals surface area contributed by atoms with Gasteiger partial charge < -0.3 is 15.5 Å². The van der Waals surface area contributed by atoms with Crippen LogP contribution in [0.1, 0.15) is 30.1 Å². The minimum absolute atomic E-state index is 0.0378. The van der Waals surface area contributed by atoms with E-state index in [-0.39, 0.29) is 18.4 Å². The summed E-state index contributed by atoms with van der Waals surface area (Å²) in [6.07, 6.45) is 2.08. The molecule has 1 aliphatic rings. The van der Waals surface area contributed by atoms with E-state index in [4.69, 9.17) is 23.2 Å². The molecule has 28 heavy (non-hydrogen) atoms. The molecular weight excluding hydrogens is 397 g/mol. The van der Waals surface area contributed by atoms with Crippen molar-refractivity contribution in [3.63, 3.8) is 0 Å². The van der Waals surface area contributed by atoms with Crippen LogP contribution in [0.5, 0.6) is 0 Å². The van der Waals surface area contributed by atoms with E-state index >= 15 is 0 Å². The van der Waals surface area contributed by atoms with E-state index in [0.29, 0.717) is 27.2 Å². The predicted octanol–water partition coefficient (Wildman–Crippen LogP) is 4.92. The molecule has 5 nitrogen and oxygen atoms in total. The first-order valence-corrected chi connectivity index (χ1v) is 10.1. The number of amides is 2. The van der Waals surface area contributed by atoms with Crippen LogP contribution < -0.4 is 10.6 Å². The molecule has 1 fully saturated rings. The van der Waals surface area contributed by atoms with E-state index in [1.165, 1.54) is 0 Å². The lowest BCUT2D eigenvalue weighted by Gasteiger charge is -2.30. The number of nitrogens with zero attached hydrogens (tertiary/aromatic N) is 1. The summed E-state index contributed by atoms with van der Waals surface area (Å²) in [5, 5.41) is 6.62. The molecule has 1 saturated heterocycles. The zero-order valence-corrected chi connectivity index (χ0v) is 17.2. The molecule has 0 aliphatic carbocycles. The average molecular weight is 420 g/mol. The molecule has 1 heterocycles. The van der Waals surface area contributed by atoms with Crippen molar-refractivity contribution < 1.29 is 9.59 Å². The quantitative estimate of drug-likeness (QED) is 0.722. The number of rotatable bonds is 5. The molecule has 0 bridgehead atoms. The van der Waals surface area contributed by atoms with Crippen molar-refractivity contribution in [2.24, 2.45) is 5.92 Å². The van der Waals surface area contributed by atoms with Crippen LogP contribution >= 0.6 is 23.2 Å². The van der Waals surface area contributed by atoms with Gasteiger partial charge >= 0.3 is 0 Å². The van der Waals surface area contributed by atoms with Gasteiger partial charge in [-0.3, -0.25) is 9.59 Å². The zero-order valence-electron chi connectivity index (χ0n) is 15.7. The summed E-state index contributed by atoms with van der Waals surface area (Å²) in [6.45, 7) is 3.88. The number of halogens is 2. The van der Waals surface area contributed by atoms with Crippen LogP contribution in [-0.2, 0) is 4.79 Å². The number of hydrogen-bond acceptors (Lipinski definition) is 3. The first kappa shape index (κ1) is 20.5. The van der Waals surface area contributed by atoms with Gasteiger partial charge in [0, 0.05) is 30.0 Å². The first-order chi connectivity index (χ1) is 13.4. The van der Waals surface area contributed by atoms with Crippen LogP contribution in [0.15, 0.2) is 42.5 Å². The molecule has 2 aromatic carbocycles. The fourth-order valence-corrected chi connectivity index (χ4v) is 3.42. The van der Waals surface area contributed by atoms with E-state index in [2.05, 4.69) is 17.6 Å². The summed E-state index contributed by atoms with van der Waals surface area (Å²) in [4.78, 5) is 26.7. The van der Waals surface area contributed by atoms with Gasteiger partial charge in [-0.1, -0.05) is 36.2 Å². The molecule has 148 valence electrons. The molecule has 0 aromatic heterocycles. The third-order valence-corrected chi connectivity index (χ3v) is 5.58. The largest absolute Gasteiger partial charge is 0.376 e. The summed E-state index contributed by atoms with van der Waals surface area (Å²) in [5.74, 6) is 0.488. The van der Waals surface area contributed by atoms with Crippen molar-refractivity contribution in [1.29, 1.82) is 0 Å². The van der Waals surface area contributed by atoms with Crippen LogP contribution in [0, 0.1) is 5.92 Å². The van der Waals surface area contributed by atoms with Gasteiger partial charge in [0.05, 0.1) is 16.6 Å². The molecule has 7 heteroatoms. The molecule has 0 atom stereocenters. The maximum atomic E-state index is 12.7. The number of benzene rings is 2. The molecule has 2 amide bonds. The molecule has 1 aliphatic heterocycles. The summed E-state index contributed by atoms with van der Waals surface area (Å²) >= 11 is 11.8. The third-order valence-electron chi connectivity index (χ3n) is 4.84. The predicted molar refractivity (Wildman–Crippen MR) is 114 cm³/mol. The smallest absolute Gasteiger partial charge is 0.253 e. The summed E-state index contributed by atoms with van der Waals surface area (Å²) < 4.78 is 0. The number of likely N-dealkylation sites (tertiary alicyclic amines) is 1. The van der Waals surface area contributed by atoms with Crippen molar-refractivity contribution in [2.45, 2.75) is 19.8 Å². The Morgan fingerprint density at radius 1 is 1.04 bits per heavy atom. The minimum Gasteiger partial charge on any atom is -0.376 e. The summed E-state index contributed by atoms with van der Waals surface area (Å²) in [5.41, 5.74) is 1.93. The van der Waals surface area contributed by atoms with Gasteiger partial charge in [0.25, 0.3) is 5.91 Å². The molecule has 0 spiro atoms. The number of carbonyl (C=O) groups is 2. The minimum atomic E-state index is -0.222. The zero-order chi connectivity index (χ0) is 20.1. The van der Waals surface area contributed by atoms with Crippen molar-refractivity contribution in [2.75, 3.05) is 30.3 Å². The summed E-state index contributed by atoms with van der Waals surface area (Å²) in [6, 6.07) is 12.2. The number of piperidine rings is 1. The van der Waals surface area contributed by atoms with E-state index in [0.717, 1.165) is 31.6 Å². The Hall–Kier alpha value is -2.24. The first-order valence-electron chi connectivity index (χ1n) is 9.30. The highest BCUT2D eigenvalue weighted by Crippen LogP contribution is 2.25. The monoisotopic (exact) mass is 419 g/mol.